The highest BCUT2D eigenvalue weighted by molar-refractivity contribution is 6.90. The summed E-state index contributed by atoms with van der Waals surface area (Å²) in [6.07, 6.45) is 0.258. The highest BCUT2D eigenvalue weighted by atomic mass is 35.6. The fourth-order valence-corrected chi connectivity index (χ4v) is 3.37. The Morgan fingerprint density at radius 2 is 1.33 bits per heavy atom. The van der Waals surface area contributed by atoms with Gasteiger partial charge in [0.25, 0.3) is 9.07 Å². The van der Waals surface area contributed by atoms with Crippen molar-refractivity contribution in [2.24, 2.45) is 10.8 Å². The molecule has 0 saturated heterocycles. The molecule has 0 aliphatic heterocycles. The van der Waals surface area contributed by atoms with E-state index in [0.29, 0.717) is 0 Å². The molecule has 0 spiro atoms. The first-order valence-electron chi connectivity index (χ1n) is 4.37. The van der Waals surface area contributed by atoms with E-state index in [2.05, 4.69) is 41.5 Å². The second kappa shape index (κ2) is 4.12. The van der Waals surface area contributed by atoms with Gasteiger partial charge in [0.2, 0.25) is 0 Å². The van der Waals surface area contributed by atoms with E-state index in [0.717, 1.165) is 0 Å². The van der Waals surface area contributed by atoms with Crippen molar-refractivity contribution in [1.29, 1.82) is 0 Å². The molecule has 0 rings (SSSR count). The summed E-state index contributed by atoms with van der Waals surface area (Å²) in [5.74, 6) is 0. The van der Waals surface area contributed by atoms with Crippen molar-refractivity contribution in [3.8, 4) is 0 Å². The molecule has 0 aromatic carbocycles. The molecular formula is C9H21ClOSi. The predicted molar refractivity (Wildman–Crippen MR) is 58.2 cm³/mol. The Morgan fingerprint density at radius 3 is 1.42 bits per heavy atom. The van der Waals surface area contributed by atoms with Crippen LogP contribution in [0.2, 0.25) is 0 Å². The van der Waals surface area contributed by atoms with Crippen molar-refractivity contribution in [2.75, 3.05) is 0 Å². The summed E-state index contributed by atoms with van der Waals surface area (Å²) >= 11 is 5.73. The smallest absolute Gasteiger partial charge is 0.258 e. The van der Waals surface area contributed by atoms with Gasteiger partial charge in [-0.3, -0.25) is 0 Å². The number of hydrogen-bond acceptors (Lipinski definition) is 1. The lowest BCUT2D eigenvalue weighted by Gasteiger charge is -2.40. The maximum absolute atomic E-state index is 5.73. The van der Waals surface area contributed by atoms with Gasteiger partial charge in [0.15, 0.2) is 0 Å². The Bertz CT molecular complexity index is 120. The highest BCUT2D eigenvalue weighted by Gasteiger charge is 2.35. The molecule has 0 aliphatic carbocycles. The quantitative estimate of drug-likeness (QED) is 0.501. The lowest BCUT2D eigenvalue weighted by molar-refractivity contribution is 0.00284. The zero-order valence-electron chi connectivity index (χ0n) is 9.07. The van der Waals surface area contributed by atoms with Gasteiger partial charge in [-0.25, -0.2) is 0 Å². The minimum atomic E-state index is -0.821. The van der Waals surface area contributed by atoms with Crippen LogP contribution in [-0.4, -0.2) is 15.2 Å². The molecule has 0 heterocycles. The van der Waals surface area contributed by atoms with Crippen LogP contribution in [0, 0.1) is 10.8 Å². The molecule has 12 heavy (non-hydrogen) atoms. The first-order chi connectivity index (χ1) is 5.19. The Labute approximate surface area is 83.5 Å². The Balaban J connectivity index is 4.45. The largest absolute Gasteiger partial charge is 0.404 e. The molecule has 0 aromatic rings. The molecule has 3 heteroatoms. The molecule has 0 unspecified atom stereocenters. The third-order valence-electron chi connectivity index (χ3n) is 1.80. The molecule has 74 valence electrons. The van der Waals surface area contributed by atoms with E-state index in [1.807, 2.05) is 0 Å². The fourth-order valence-electron chi connectivity index (χ4n) is 1.86. The van der Waals surface area contributed by atoms with Crippen LogP contribution in [0.3, 0.4) is 0 Å². The molecule has 0 atom stereocenters. The van der Waals surface area contributed by atoms with E-state index in [9.17, 15) is 0 Å². The molecule has 1 nitrogen and oxygen atoms in total. The van der Waals surface area contributed by atoms with Crippen molar-refractivity contribution >= 4 is 20.2 Å². The lowest BCUT2D eigenvalue weighted by atomic mass is 9.74. The Morgan fingerprint density at radius 1 is 1.00 bits per heavy atom. The predicted octanol–water partition coefficient (Wildman–Crippen LogP) is 2.70. The maximum Gasteiger partial charge on any atom is 0.258 e. The Hall–Kier alpha value is 0.467. The van der Waals surface area contributed by atoms with E-state index in [4.69, 9.17) is 15.5 Å². The van der Waals surface area contributed by atoms with Gasteiger partial charge in [-0.2, -0.15) is 0 Å². The van der Waals surface area contributed by atoms with E-state index in [1.54, 1.807) is 0 Å². The molecule has 0 N–H and O–H groups in total. The summed E-state index contributed by atoms with van der Waals surface area (Å²) in [6.45, 7) is 13.2. The molecule has 0 amide bonds. The van der Waals surface area contributed by atoms with Gasteiger partial charge in [0, 0.05) is 0 Å². The van der Waals surface area contributed by atoms with Crippen LogP contribution in [0.5, 0.6) is 0 Å². The van der Waals surface area contributed by atoms with Gasteiger partial charge >= 0.3 is 0 Å². The van der Waals surface area contributed by atoms with Crippen LogP contribution in [0.1, 0.15) is 41.5 Å². The average Bonchev–Trinajstić information content (AvgIpc) is 1.77. The Kier molecular flexibility index (Phi) is 4.28. The van der Waals surface area contributed by atoms with Gasteiger partial charge < -0.3 is 4.43 Å². The summed E-state index contributed by atoms with van der Waals surface area (Å²) in [5, 5.41) is 0. The van der Waals surface area contributed by atoms with Crippen molar-refractivity contribution in [3.63, 3.8) is 0 Å². The third-order valence-corrected chi connectivity index (χ3v) is 2.64. The number of halogens is 1. The average molecular weight is 209 g/mol. The van der Waals surface area contributed by atoms with Crippen LogP contribution in [-0.2, 0) is 4.43 Å². The molecule has 0 aliphatic rings. The van der Waals surface area contributed by atoms with Crippen LogP contribution < -0.4 is 0 Å². The first-order valence-corrected chi connectivity index (χ1v) is 7.08. The molecule has 0 saturated carbocycles. The molecule has 0 bridgehead atoms. The maximum atomic E-state index is 5.73. The van der Waals surface area contributed by atoms with Crippen molar-refractivity contribution in [2.45, 2.75) is 47.6 Å². The minimum absolute atomic E-state index is 0.181. The highest BCUT2D eigenvalue weighted by Crippen LogP contribution is 2.35. The van der Waals surface area contributed by atoms with E-state index in [1.165, 1.54) is 0 Å². The van der Waals surface area contributed by atoms with Gasteiger partial charge in [0.05, 0.1) is 6.10 Å². The van der Waals surface area contributed by atoms with E-state index < -0.39 is 9.07 Å². The zero-order chi connectivity index (χ0) is 9.99. The van der Waals surface area contributed by atoms with E-state index in [-0.39, 0.29) is 16.9 Å². The van der Waals surface area contributed by atoms with Crippen molar-refractivity contribution in [1.82, 2.24) is 0 Å². The lowest BCUT2D eigenvalue weighted by Crippen LogP contribution is -2.40. The second-order valence-corrected chi connectivity index (χ2v) is 6.59. The standard InChI is InChI=1S/C9H21ClOSi/c1-8(2,3)7(11-12-10)9(4,5)6/h7H,12H2,1-6H3. The fraction of sp³-hybridized carbons (Fsp3) is 1.00. The SMILES string of the molecule is CC(C)(C)C(O[SiH2]Cl)C(C)(C)C. The van der Waals surface area contributed by atoms with Crippen LogP contribution in [0.4, 0.5) is 0 Å². The topological polar surface area (TPSA) is 9.23 Å². The van der Waals surface area contributed by atoms with E-state index >= 15 is 0 Å². The normalized spacial score (nSPS) is 15.0. The van der Waals surface area contributed by atoms with Gasteiger partial charge in [-0.15, -0.1) is 11.1 Å². The van der Waals surface area contributed by atoms with Crippen molar-refractivity contribution < 1.29 is 4.43 Å². The van der Waals surface area contributed by atoms with Crippen LogP contribution in [0.15, 0.2) is 0 Å². The van der Waals surface area contributed by atoms with Crippen molar-refractivity contribution in [3.05, 3.63) is 0 Å². The first kappa shape index (κ1) is 12.5. The molecular weight excluding hydrogens is 188 g/mol. The van der Waals surface area contributed by atoms with Crippen LogP contribution >= 0.6 is 11.1 Å². The zero-order valence-corrected chi connectivity index (χ0v) is 11.2. The third kappa shape index (κ3) is 3.92. The molecule has 0 radical (unpaired) electrons. The summed E-state index contributed by atoms with van der Waals surface area (Å²) < 4.78 is 5.68. The molecule has 0 aromatic heterocycles. The van der Waals surface area contributed by atoms with Gasteiger partial charge in [-0.1, -0.05) is 41.5 Å². The molecule has 0 fully saturated rings. The summed E-state index contributed by atoms with van der Waals surface area (Å²) in [6, 6.07) is 0. The summed E-state index contributed by atoms with van der Waals surface area (Å²) in [4.78, 5) is 0. The number of hydrogen-bond donors (Lipinski definition) is 0. The second-order valence-electron chi connectivity index (χ2n) is 5.39. The van der Waals surface area contributed by atoms with Crippen LogP contribution in [0.25, 0.3) is 0 Å². The van der Waals surface area contributed by atoms with Gasteiger partial charge in [-0.05, 0) is 10.8 Å². The summed E-state index contributed by atoms with van der Waals surface area (Å²) in [7, 11) is -0.821. The minimum Gasteiger partial charge on any atom is -0.404 e. The summed E-state index contributed by atoms with van der Waals surface area (Å²) in [5.41, 5.74) is 0.361. The monoisotopic (exact) mass is 208 g/mol. The van der Waals surface area contributed by atoms with Gasteiger partial charge in [0.1, 0.15) is 0 Å². The number of rotatable bonds is 2.